The first kappa shape index (κ1) is 16.9. The predicted molar refractivity (Wildman–Crippen MR) is 92.0 cm³/mol. The van der Waals surface area contributed by atoms with Gasteiger partial charge in [0.15, 0.2) is 0 Å². The number of hydrogen-bond donors (Lipinski definition) is 1. The van der Waals surface area contributed by atoms with E-state index in [0.717, 1.165) is 43.8 Å². The maximum Gasteiger partial charge on any atom is 0.224 e. The first-order chi connectivity index (χ1) is 11.6. The van der Waals surface area contributed by atoms with Gasteiger partial charge in [-0.3, -0.25) is 9.69 Å². The van der Waals surface area contributed by atoms with Gasteiger partial charge in [0.05, 0.1) is 23.5 Å². The van der Waals surface area contributed by atoms with Gasteiger partial charge >= 0.3 is 0 Å². The number of aromatic nitrogens is 2. The van der Waals surface area contributed by atoms with Gasteiger partial charge in [-0.1, -0.05) is 0 Å². The second-order valence-corrected chi connectivity index (χ2v) is 6.37. The Kier molecular flexibility index (Phi) is 5.14. The number of nitrogens with one attached hydrogen (secondary N) is 1. The Labute approximate surface area is 141 Å². The highest BCUT2D eigenvalue weighted by Gasteiger charge is 2.26. The molecule has 0 saturated carbocycles. The third-order valence-electron chi connectivity index (χ3n) is 4.70. The molecule has 0 spiro atoms. The number of aryl methyl sites for hydroxylation is 1. The minimum absolute atomic E-state index is 0.0515. The fraction of sp³-hybridized carbons (Fsp3) is 0.556. The van der Waals surface area contributed by atoms with Gasteiger partial charge in [-0.05, 0) is 45.4 Å². The molecular formula is C18H25FN4O. The van der Waals surface area contributed by atoms with E-state index in [1.54, 1.807) is 6.07 Å². The largest absolute Gasteiger partial charge is 0.356 e. The Morgan fingerprint density at radius 1 is 1.42 bits per heavy atom. The van der Waals surface area contributed by atoms with Crippen molar-refractivity contribution in [1.82, 2.24) is 19.8 Å². The molecule has 130 valence electrons. The summed E-state index contributed by atoms with van der Waals surface area (Å²) in [6.07, 6.45) is 1.96. The first-order valence-electron chi connectivity index (χ1n) is 8.77. The van der Waals surface area contributed by atoms with E-state index in [9.17, 15) is 9.18 Å². The van der Waals surface area contributed by atoms with Crippen molar-refractivity contribution in [3.63, 3.8) is 0 Å². The van der Waals surface area contributed by atoms with Gasteiger partial charge in [-0.2, -0.15) is 0 Å². The molecule has 1 N–H and O–H groups in total. The number of amides is 1. The Morgan fingerprint density at radius 3 is 3.00 bits per heavy atom. The van der Waals surface area contributed by atoms with Gasteiger partial charge in [0.2, 0.25) is 5.91 Å². The number of benzene rings is 1. The van der Waals surface area contributed by atoms with Gasteiger partial charge < -0.3 is 9.88 Å². The van der Waals surface area contributed by atoms with Crippen molar-refractivity contribution in [2.24, 2.45) is 5.92 Å². The van der Waals surface area contributed by atoms with E-state index in [-0.39, 0.29) is 17.6 Å². The summed E-state index contributed by atoms with van der Waals surface area (Å²) in [5.41, 5.74) is 1.66. The fourth-order valence-electron chi connectivity index (χ4n) is 3.56. The number of likely N-dealkylation sites (tertiary alicyclic amines) is 1. The van der Waals surface area contributed by atoms with E-state index >= 15 is 0 Å². The fourth-order valence-corrected chi connectivity index (χ4v) is 3.56. The second-order valence-electron chi connectivity index (χ2n) is 6.37. The molecule has 1 amide bonds. The summed E-state index contributed by atoms with van der Waals surface area (Å²) < 4.78 is 15.6. The van der Waals surface area contributed by atoms with E-state index in [1.807, 2.05) is 6.92 Å². The van der Waals surface area contributed by atoms with Gasteiger partial charge in [0.25, 0.3) is 0 Å². The standard InChI is InChI=1S/C18H25FN4O/c1-3-20-18(24)13-6-5-9-22(11-13)12-17-21-15-10-14(19)7-8-16(15)23(17)4-2/h7-8,10,13H,3-6,9,11-12H2,1-2H3,(H,20,24)/t13-/m1/s1. The molecule has 24 heavy (non-hydrogen) atoms. The number of halogens is 1. The van der Waals surface area contributed by atoms with Crippen molar-refractivity contribution < 1.29 is 9.18 Å². The van der Waals surface area contributed by atoms with E-state index in [0.29, 0.717) is 18.6 Å². The molecule has 1 aliphatic rings. The monoisotopic (exact) mass is 332 g/mol. The summed E-state index contributed by atoms with van der Waals surface area (Å²) in [4.78, 5) is 19.0. The SMILES string of the molecule is CCNC(=O)[C@@H]1CCCN(Cc2nc3cc(F)ccc3n2CC)C1. The van der Waals surface area contributed by atoms with Crippen molar-refractivity contribution in [1.29, 1.82) is 0 Å². The average molecular weight is 332 g/mol. The summed E-state index contributed by atoms with van der Waals surface area (Å²) >= 11 is 0. The zero-order chi connectivity index (χ0) is 17.1. The van der Waals surface area contributed by atoms with Crippen molar-refractivity contribution in [2.45, 2.75) is 39.8 Å². The Bertz CT molecular complexity index is 727. The first-order valence-corrected chi connectivity index (χ1v) is 8.77. The highest BCUT2D eigenvalue weighted by Crippen LogP contribution is 2.22. The number of hydrogen-bond acceptors (Lipinski definition) is 3. The minimum Gasteiger partial charge on any atom is -0.356 e. The van der Waals surface area contributed by atoms with E-state index in [2.05, 4.69) is 26.7 Å². The maximum atomic E-state index is 13.4. The summed E-state index contributed by atoms with van der Waals surface area (Å²) in [5, 5.41) is 2.92. The van der Waals surface area contributed by atoms with Crippen LogP contribution < -0.4 is 5.32 Å². The van der Waals surface area contributed by atoms with Crippen LogP contribution in [0.1, 0.15) is 32.5 Å². The molecule has 0 bridgehead atoms. The third-order valence-corrected chi connectivity index (χ3v) is 4.70. The Hall–Kier alpha value is -1.95. The number of imidazole rings is 1. The zero-order valence-electron chi connectivity index (χ0n) is 14.4. The van der Waals surface area contributed by atoms with Crippen LogP contribution in [0.5, 0.6) is 0 Å². The van der Waals surface area contributed by atoms with Crippen LogP contribution >= 0.6 is 0 Å². The molecule has 1 saturated heterocycles. The number of nitrogens with zero attached hydrogens (tertiary/aromatic N) is 3. The normalized spacial score (nSPS) is 18.9. The van der Waals surface area contributed by atoms with Crippen LogP contribution in [0.15, 0.2) is 18.2 Å². The quantitative estimate of drug-likeness (QED) is 0.915. The van der Waals surface area contributed by atoms with Crippen LogP contribution in [0.4, 0.5) is 4.39 Å². The molecular weight excluding hydrogens is 307 g/mol. The van der Waals surface area contributed by atoms with Crippen molar-refractivity contribution in [3.8, 4) is 0 Å². The van der Waals surface area contributed by atoms with Gasteiger partial charge in [-0.15, -0.1) is 0 Å². The Morgan fingerprint density at radius 2 is 2.25 bits per heavy atom. The van der Waals surface area contributed by atoms with E-state index in [1.165, 1.54) is 12.1 Å². The van der Waals surface area contributed by atoms with E-state index in [4.69, 9.17) is 0 Å². The maximum absolute atomic E-state index is 13.4. The third kappa shape index (κ3) is 3.43. The smallest absolute Gasteiger partial charge is 0.224 e. The molecule has 0 unspecified atom stereocenters. The molecule has 1 aromatic carbocycles. The highest BCUT2D eigenvalue weighted by molar-refractivity contribution is 5.79. The highest BCUT2D eigenvalue weighted by atomic mass is 19.1. The molecule has 0 aliphatic carbocycles. The number of rotatable bonds is 5. The lowest BCUT2D eigenvalue weighted by molar-refractivity contribution is -0.126. The van der Waals surface area contributed by atoms with Crippen LogP contribution in [0.2, 0.25) is 0 Å². The molecule has 1 atom stereocenters. The number of fused-ring (bicyclic) bond motifs is 1. The lowest BCUT2D eigenvalue weighted by Crippen LogP contribution is -2.42. The van der Waals surface area contributed by atoms with Gasteiger partial charge in [0, 0.05) is 25.7 Å². The molecule has 2 heterocycles. The minimum atomic E-state index is -0.260. The number of carbonyl (C=O) groups excluding carboxylic acids is 1. The topological polar surface area (TPSA) is 50.2 Å². The van der Waals surface area contributed by atoms with Crippen molar-refractivity contribution in [2.75, 3.05) is 19.6 Å². The molecule has 1 aliphatic heterocycles. The summed E-state index contributed by atoms with van der Waals surface area (Å²) in [5.74, 6) is 0.877. The second kappa shape index (κ2) is 7.30. The molecule has 2 aromatic rings. The van der Waals surface area contributed by atoms with Crippen molar-refractivity contribution in [3.05, 3.63) is 29.8 Å². The van der Waals surface area contributed by atoms with Crippen LogP contribution in [0.3, 0.4) is 0 Å². The van der Waals surface area contributed by atoms with Crippen LogP contribution in [0, 0.1) is 11.7 Å². The van der Waals surface area contributed by atoms with E-state index < -0.39 is 0 Å². The zero-order valence-corrected chi connectivity index (χ0v) is 14.4. The van der Waals surface area contributed by atoms with Crippen LogP contribution in [0.25, 0.3) is 11.0 Å². The Balaban J connectivity index is 1.78. The summed E-state index contributed by atoms with van der Waals surface area (Å²) in [6, 6.07) is 4.75. The molecule has 1 fully saturated rings. The summed E-state index contributed by atoms with van der Waals surface area (Å²) in [7, 11) is 0. The predicted octanol–water partition coefficient (Wildman–Crippen LogP) is 2.54. The van der Waals surface area contributed by atoms with Gasteiger partial charge in [-0.25, -0.2) is 9.37 Å². The molecule has 0 radical (unpaired) electrons. The number of piperidine rings is 1. The average Bonchev–Trinajstić information content (AvgIpc) is 2.91. The molecule has 3 rings (SSSR count). The van der Waals surface area contributed by atoms with Crippen LogP contribution in [-0.4, -0.2) is 40.0 Å². The summed E-state index contributed by atoms with van der Waals surface area (Å²) in [6.45, 7) is 7.91. The molecule has 6 heteroatoms. The molecule has 5 nitrogen and oxygen atoms in total. The van der Waals surface area contributed by atoms with Gasteiger partial charge in [0.1, 0.15) is 11.6 Å². The van der Waals surface area contributed by atoms with Crippen molar-refractivity contribution >= 4 is 16.9 Å². The number of carbonyl (C=O) groups is 1. The molecule has 1 aromatic heterocycles. The van der Waals surface area contributed by atoms with Crippen LogP contribution in [-0.2, 0) is 17.9 Å². The lowest BCUT2D eigenvalue weighted by atomic mass is 9.97. The lowest BCUT2D eigenvalue weighted by Gasteiger charge is -2.31.